The zero-order valence-corrected chi connectivity index (χ0v) is 9.28. The zero-order valence-electron chi connectivity index (χ0n) is 8.52. The first-order valence-corrected chi connectivity index (χ1v) is 5.50. The lowest BCUT2D eigenvalue weighted by Gasteiger charge is -2.19. The van der Waals surface area contributed by atoms with Gasteiger partial charge in [0.25, 0.3) is 0 Å². The van der Waals surface area contributed by atoms with Gasteiger partial charge in [-0.2, -0.15) is 0 Å². The third-order valence-electron chi connectivity index (χ3n) is 2.73. The summed E-state index contributed by atoms with van der Waals surface area (Å²) in [6.45, 7) is 1.86. The van der Waals surface area contributed by atoms with E-state index in [9.17, 15) is 4.79 Å². The van der Waals surface area contributed by atoms with Crippen LogP contribution in [0, 0.1) is 0 Å². The predicted molar refractivity (Wildman–Crippen MR) is 59.0 cm³/mol. The van der Waals surface area contributed by atoms with Crippen molar-refractivity contribution in [2.45, 2.75) is 30.7 Å². The second-order valence-electron chi connectivity index (χ2n) is 3.85. The minimum Gasteiger partial charge on any atom is -0.460 e. The van der Waals surface area contributed by atoms with E-state index < -0.39 is 0 Å². The van der Waals surface area contributed by atoms with Crippen molar-refractivity contribution < 1.29 is 9.53 Å². The maximum atomic E-state index is 11.3. The number of esters is 1. The second-order valence-corrected chi connectivity index (χ2v) is 4.54. The number of cyclic esters (lactones) is 1. The molecule has 1 aromatic rings. The molecule has 0 aliphatic carbocycles. The van der Waals surface area contributed by atoms with E-state index in [4.69, 9.17) is 16.3 Å². The predicted octanol–water partition coefficient (Wildman–Crippen LogP) is 2.71. The van der Waals surface area contributed by atoms with E-state index in [-0.39, 0.29) is 23.4 Å². The molecule has 15 heavy (non-hydrogen) atoms. The van der Waals surface area contributed by atoms with Crippen LogP contribution in [0.25, 0.3) is 0 Å². The highest BCUT2D eigenvalue weighted by atomic mass is 35.5. The maximum Gasteiger partial charge on any atom is 0.306 e. The Morgan fingerprint density at radius 1 is 1.40 bits per heavy atom. The van der Waals surface area contributed by atoms with Crippen LogP contribution < -0.4 is 0 Å². The lowest BCUT2D eigenvalue weighted by Crippen LogP contribution is -2.23. The van der Waals surface area contributed by atoms with Crippen molar-refractivity contribution in [3.63, 3.8) is 0 Å². The average Bonchev–Trinajstić information content (AvgIpc) is 2.62. The lowest BCUT2D eigenvalue weighted by atomic mass is 9.91. The molecule has 1 heterocycles. The summed E-state index contributed by atoms with van der Waals surface area (Å²) in [4.78, 5) is 11.3. The van der Waals surface area contributed by atoms with Crippen LogP contribution in [0.3, 0.4) is 0 Å². The second kappa shape index (κ2) is 4.23. The fourth-order valence-corrected chi connectivity index (χ4v) is 2.23. The summed E-state index contributed by atoms with van der Waals surface area (Å²) in [5, 5.41) is -0.151. The largest absolute Gasteiger partial charge is 0.460 e. The Bertz CT molecular complexity index is 348. The van der Waals surface area contributed by atoms with Crippen molar-refractivity contribution in [1.82, 2.24) is 0 Å². The van der Waals surface area contributed by atoms with Gasteiger partial charge < -0.3 is 4.74 Å². The monoisotopic (exact) mass is 224 g/mol. The number of benzene rings is 1. The van der Waals surface area contributed by atoms with Crippen molar-refractivity contribution in [2.24, 2.45) is 0 Å². The van der Waals surface area contributed by atoms with Crippen LogP contribution in [-0.2, 0) is 9.53 Å². The Morgan fingerprint density at radius 2 is 2.07 bits per heavy atom. The quantitative estimate of drug-likeness (QED) is 0.570. The summed E-state index contributed by atoms with van der Waals surface area (Å²) in [7, 11) is 0. The van der Waals surface area contributed by atoms with Crippen LogP contribution in [0.5, 0.6) is 0 Å². The van der Waals surface area contributed by atoms with Crippen LogP contribution in [0.2, 0.25) is 0 Å². The molecule has 1 saturated heterocycles. The number of hydrogen-bond acceptors (Lipinski definition) is 2. The fraction of sp³-hybridized carbons (Fsp3) is 0.417. The van der Waals surface area contributed by atoms with Gasteiger partial charge >= 0.3 is 5.97 Å². The summed E-state index contributed by atoms with van der Waals surface area (Å²) in [5.74, 6) is -0.0486. The number of hydrogen-bond donors (Lipinski definition) is 0. The summed E-state index contributed by atoms with van der Waals surface area (Å²) >= 11 is 6.02. The van der Waals surface area contributed by atoms with Gasteiger partial charge in [-0.15, -0.1) is 11.6 Å². The number of carbonyl (C=O) groups is 1. The Hall–Kier alpha value is -1.02. The highest BCUT2D eigenvalue weighted by Gasteiger charge is 2.38. The van der Waals surface area contributed by atoms with E-state index in [2.05, 4.69) is 0 Å². The van der Waals surface area contributed by atoms with Crippen LogP contribution in [-0.4, -0.2) is 17.5 Å². The van der Waals surface area contributed by atoms with Crippen molar-refractivity contribution in [2.75, 3.05) is 0 Å². The Morgan fingerprint density at radius 3 is 2.67 bits per heavy atom. The van der Waals surface area contributed by atoms with Gasteiger partial charge in [0.15, 0.2) is 0 Å². The van der Waals surface area contributed by atoms with E-state index in [1.54, 1.807) is 0 Å². The summed E-state index contributed by atoms with van der Waals surface area (Å²) in [6.07, 6.45) is 0.243. The molecule has 0 bridgehead atoms. The first-order chi connectivity index (χ1) is 7.18. The van der Waals surface area contributed by atoms with E-state index in [1.807, 2.05) is 37.3 Å². The molecule has 2 rings (SSSR count). The highest BCUT2D eigenvalue weighted by Crippen LogP contribution is 2.35. The van der Waals surface area contributed by atoms with Crippen molar-refractivity contribution >= 4 is 17.6 Å². The molecule has 2 nitrogen and oxygen atoms in total. The molecule has 80 valence electrons. The van der Waals surface area contributed by atoms with Gasteiger partial charge in [0.1, 0.15) is 6.10 Å². The molecule has 0 amide bonds. The topological polar surface area (TPSA) is 26.3 Å². The van der Waals surface area contributed by atoms with E-state index in [0.717, 1.165) is 5.56 Å². The smallest absolute Gasteiger partial charge is 0.306 e. The van der Waals surface area contributed by atoms with Crippen molar-refractivity contribution in [1.29, 1.82) is 0 Å². The Kier molecular flexibility index (Phi) is 2.96. The molecule has 1 aliphatic rings. The third kappa shape index (κ3) is 2.15. The summed E-state index contributed by atoms with van der Waals surface area (Å²) < 4.78 is 5.22. The summed E-state index contributed by atoms with van der Waals surface area (Å²) in [5.41, 5.74) is 1.13. The SMILES string of the molecule is CC(Cl)[C@H]1OC(=O)C[C@H]1c1ccccc1. The van der Waals surface area contributed by atoms with E-state index >= 15 is 0 Å². The fourth-order valence-electron chi connectivity index (χ4n) is 2.00. The van der Waals surface area contributed by atoms with Gasteiger partial charge in [-0.25, -0.2) is 0 Å². The Balaban J connectivity index is 2.24. The molecular weight excluding hydrogens is 212 g/mol. The molecule has 0 N–H and O–H groups in total. The molecule has 1 aromatic carbocycles. The van der Waals surface area contributed by atoms with Crippen LogP contribution in [0.1, 0.15) is 24.8 Å². The molecule has 1 aliphatic heterocycles. The Labute approximate surface area is 94.2 Å². The van der Waals surface area contributed by atoms with E-state index in [0.29, 0.717) is 6.42 Å². The molecule has 1 unspecified atom stereocenters. The van der Waals surface area contributed by atoms with Gasteiger partial charge in [0.2, 0.25) is 0 Å². The molecule has 3 atom stereocenters. The molecule has 0 saturated carbocycles. The first-order valence-electron chi connectivity index (χ1n) is 5.07. The number of halogens is 1. The number of ether oxygens (including phenoxy) is 1. The average molecular weight is 225 g/mol. The number of rotatable bonds is 2. The van der Waals surface area contributed by atoms with Crippen molar-refractivity contribution in [3.05, 3.63) is 35.9 Å². The molecule has 0 radical (unpaired) electrons. The molecule has 1 fully saturated rings. The third-order valence-corrected chi connectivity index (χ3v) is 2.98. The van der Waals surface area contributed by atoms with Gasteiger partial charge in [-0.1, -0.05) is 30.3 Å². The van der Waals surface area contributed by atoms with Gasteiger partial charge in [0.05, 0.1) is 11.8 Å². The normalized spacial score (nSPS) is 27.5. The lowest BCUT2D eigenvalue weighted by molar-refractivity contribution is -0.141. The van der Waals surface area contributed by atoms with E-state index in [1.165, 1.54) is 0 Å². The minimum atomic E-state index is -0.193. The van der Waals surface area contributed by atoms with Crippen LogP contribution in [0.15, 0.2) is 30.3 Å². The molecule has 0 spiro atoms. The number of carbonyl (C=O) groups excluding carboxylic acids is 1. The van der Waals surface area contributed by atoms with Crippen molar-refractivity contribution in [3.8, 4) is 0 Å². The zero-order chi connectivity index (χ0) is 10.8. The standard InChI is InChI=1S/C12H13ClO2/c1-8(13)12-10(7-11(14)15-12)9-5-3-2-4-6-9/h2-6,8,10,12H,7H2,1H3/t8?,10-,12+/m0/s1. The van der Waals surface area contributed by atoms with Crippen LogP contribution in [0.4, 0.5) is 0 Å². The first kappa shape index (κ1) is 10.5. The summed E-state index contributed by atoms with van der Waals surface area (Å²) in [6, 6.07) is 9.92. The molecule has 0 aromatic heterocycles. The highest BCUT2D eigenvalue weighted by molar-refractivity contribution is 6.21. The minimum absolute atomic E-state index is 0.103. The molecular formula is C12H13ClO2. The van der Waals surface area contributed by atoms with Gasteiger partial charge in [-0.3, -0.25) is 4.79 Å². The van der Waals surface area contributed by atoms with Crippen LogP contribution >= 0.6 is 11.6 Å². The van der Waals surface area contributed by atoms with Gasteiger partial charge in [-0.05, 0) is 12.5 Å². The molecule has 3 heteroatoms. The van der Waals surface area contributed by atoms with Gasteiger partial charge in [0, 0.05) is 5.92 Å². The maximum absolute atomic E-state index is 11.3. The number of alkyl halides is 1.